The first kappa shape index (κ1) is 14.9. The van der Waals surface area contributed by atoms with Gasteiger partial charge in [-0.2, -0.15) is 13.2 Å². The minimum atomic E-state index is -4.40. The number of hydrogen-bond donors (Lipinski definition) is 1. The molecule has 4 nitrogen and oxygen atoms in total. The van der Waals surface area contributed by atoms with Crippen molar-refractivity contribution in [2.45, 2.75) is 31.5 Å². The topological polar surface area (TPSA) is 49.4 Å². The van der Waals surface area contributed by atoms with Crippen LogP contribution in [0.5, 0.6) is 0 Å². The number of anilines is 1. The number of carbonyl (C=O) groups is 2. The number of halogens is 3. The van der Waals surface area contributed by atoms with Gasteiger partial charge in [-0.25, -0.2) is 0 Å². The molecule has 1 saturated heterocycles. The van der Waals surface area contributed by atoms with Crippen molar-refractivity contribution in [2.24, 2.45) is 5.92 Å². The minimum absolute atomic E-state index is 0.0185. The van der Waals surface area contributed by atoms with Crippen LogP contribution in [0.3, 0.4) is 0 Å². The maximum atomic E-state index is 12.5. The molecule has 3 rings (SSSR count). The summed E-state index contributed by atoms with van der Waals surface area (Å²) in [6.45, 7) is 0.399. The van der Waals surface area contributed by atoms with E-state index >= 15 is 0 Å². The number of hydrogen-bond acceptors (Lipinski definition) is 2. The van der Waals surface area contributed by atoms with Gasteiger partial charge in [0.25, 0.3) is 0 Å². The van der Waals surface area contributed by atoms with Crippen LogP contribution in [0.1, 0.15) is 24.8 Å². The first-order valence-electron chi connectivity index (χ1n) is 7.12. The second-order valence-electron chi connectivity index (χ2n) is 5.74. The van der Waals surface area contributed by atoms with E-state index < -0.39 is 17.7 Å². The Morgan fingerprint density at radius 1 is 1.18 bits per heavy atom. The zero-order valence-electron chi connectivity index (χ0n) is 11.7. The molecule has 7 heteroatoms. The molecule has 118 valence electrons. The molecule has 0 bridgehead atoms. The number of amides is 2. The van der Waals surface area contributed by atoms with E-state index in [4.69, 9.17) is 0 Å². The monoisotopic (exact) mass is 312 g/mol. The molecule has 0 spiro atoms. The van der Waals surface area contributed by atoms with Crippen LogP contribution in [0, 0.1) is 5.92 Å². The average Bonchev–Trinajstić information content (AvgIpc) is 3.21. The lowest BCUT2D eigenvalue weighted by Crippen LogP contribution is -2.29. The molecule has 1 aliphatic carbocycles. The van der Waals surface area contributed by atoms with Crippen LogP contribution in [0.2, 0.25) is 0 Å². The van der Waals surface area contributed by atoms with E-state index in [9.17, 15) is 22.8 Å². The van der Waals surface area contributed by atoms with Crippen molar-refractivity contribution in [3.8, 4) is 0 Å². The number of alkyl halides is 3. The van der Waals surface area contributed by atoms with Crippen molar-refractivity contribution in [1.29, 1.82) is 0 Å². The first-order valence-corrected chi connectivity index (χ1v) is 7.12. The third-order valence-corrected chi connectivity index (χ3v) is 4.00. The van der Waals surface area contributed by atoms with Crippen molar-refractivity contribution >= 4 is 17.5 Å². The highest BCUT2D eigenvalue weighted by molar-refractivity contribution is 5.97. The van der Waals surface area contributed by atoms with Gasteiger partial charge in [0.2, 0.25) is 11.8 Å². The predicted octanol–water partition coefficient (Wildman–Crippen LogP) is 2.65. The Hall–Kier alpha value is -2.05. The van der Waals surface area contributed by atoms with Crippen LogP contribution in [0.25, 0.3) is 0 Å². The van der Waals surface area contributed by atoms with Crippen molar-refractivity contribution < 1.29 is 22.8 Å². The summed E-state index contributed by atoms with van der Waals surface area (Å²) in [5.74, 6) is -0.776. The summed E-state index contributed by atoms with van der Waals surface area (Å²) in [6.07, 6.45) is -2.26. The smallest absolute Gasteiger partial charge is 0.339 e. The van der Waals surface area contributed by atoms with E-state index in [1.165, 1.54) is 12.1 Å². The molecule has 1 aromatic rings. The van der Waals surface area contributed by atoms with Gasteiger partial charge in [0.15, 0.2) is 0 Å². The third kappa shape index (κ3) is 3.08. The normalized spacial score (nSPS) is 22.0. The Morgan fingerprint density at radius 2 is 1.82 bits per heavy atom. The lowest BCUT2D eigenvalue weighted by atomic mass is 10.1. The summed E-state index contributed by atoms with van der Waals surface area (Å²) in [5, 5.41) is 2.58. The summed E-state index contributed by atoms with van der Waals surface area (Å²) in [4.78, 5) is 25.7. The summed E-state index contributed by atoms with van der Waals surface area (Å²) < 4.78 is 37.4. The molecule has 1 N–H and O–H groups in total. The molecule has 2 fully saturated rings. The van der Waals surface area contributed by atoms with Gasteiger partial charge in [-0.3, -0.25) is 9.59 Å². The fourth-order valence-corrected chi connectivity index (χ4v) is 2.63. The van der Waals surface area contributed by atoms with Gasteiger partial charge in [0.05, 0.1) is 11.5 Å². The highest BCUT2D eigenvalue weighted by Gasteiger charge is 2.41. The fourth-order valence-electron chi connectivity index (χ4n) is 2.63. The standard InChI is InChI=1S/C15H15F3N2O2/c16-15(17,18)10-1-3-11(4-2-10)19-14(22)9-7-13(21)20(8-9)12-5-6-12/h1-4,9,12H,5-8H2,(H,19,22)/t9-/m0/s1. The quantitative estimate of drug-likeness (QED) is 0.933. The van der Waals surface area contributed by atoms with Gasteiger partial charge >= 0.3 is 6.18 Å². The van der Waals surface area contributed by atoms with E-state index in [1.807, 2.05) is 0 Å². The molecule has 0 radical (unpaired) electrons. The Balaban J connectivity index is 1.61. The van der Waals surface area contributed by atoms with Crippen LogP contribution in [-0.2, 0) is 15.8 Å². The van der Waals surface area contributed by atoms with Gasteiger partial charge < -0.3 is 10.2 Å². The Bertz CT molecular complexity index is 594. The van der Waals surface area contributed by atoms with Crippen LogP contribution >= 0.6 is 0 Å². The Kier molecular flexibility index (Phi) is 3.58. The van der Waals surface area contributed by atoms with Crippen molar-refractivity contribution in [2.75, 3.05) is 11.9 Å². The highest BCUT2D eigenvalue weighted by Crippen LogP contribution is 2.33. The zero-order chi connectivity index (χ0) is 15.9. The number of likely N-dealkylation sites (tertiary alicyclic amines) is 1. The van der Waals surface area contributed by atoms with Gasteiger partial charge in [-0.15, -0.1) is 0 Å². The minimum Gasteiger partial charge on any atom is -0.339 e. The van der Waals surface area contributed by atoms with E-state index in [0.717, 1.165) is 25.0 Å². The fraction of sp³-hybridized carbons (Fsp3) is 0.467. The highest BCUT2D eigenvalue weighted by atomic mass is 19.4. The van der Waals surface area contributed by atoms with Crippen LogP contribution in [0.15, 0.2) is 24.3 Å². The number of rotatable bonds is 3. The number of carbonyl (C=O) groups excluding carboxylic acids is 2. The molecule has 1 atom stereocenters. The van der Waals surface area contributed by atoms with Crippen molar-refractivity contribution in [1.82, 2.24) is 4.90 Å². The first-order chi connectivity index (χ1) is 10.3. The summed E-state index contributed by atoms with van der Waals surface area (Å²) in [5.41, 5.74) is -0.461. The molecule has 0 aromatic heterocycles. The largest absolute Gasteiger partial charge is 0.416 e. The summed E-state index contributed by atoms with van der Waals surface area (Å²) in [6, 6.07) is 4.56. The van der Waals surface area contributed by atoms with Crippen molar-refractivity contribution in [3.63, 3.8) is 0 Å². The molecule has 1 saturated carbocycles. The van der Waals surface area contributed by atoms with Gasteiger partial charge in [-0.1, -0.05) is 0 Å². The summed E-state index contributed by atoms with van der Waals surface area (Å²) >= 11 is 0. The molecule has 2 aliphatic rings. The molecule has 22 heavy (non-hydrogen) atoms. The Morgan fingerprint density at radius 3 is 2.36 bits per heavy atom. The molecule has 2 amide bonds. The van der Waals surface area contributed by atoms with Crippen LogP contribution in [-0.4, -0.2) is 29.3 Å². The van der Waals surface area contributed by atoms with Crippen molar-refractivity contribution in [3.05, 3.63) is 29.8 Å². The Labute approximate surface area is 125 Å². The second-order valence-corrected chi connectivity index (χ2v) is 5.74. The van der Waals surface area contributed by atoms with E-state index in [-0.39, 0.29) is 24.3 Å². The van der Waals surface area contributed by atoms with Gasteiger partial charge in [0.1, 0.15) is 0 Å². The van der Waals surface area contributed by atoms with E-state index in [0.29, 0.717) is 12.2 Å². The van der Waals surface area contributed by atoms with E-state index in [2.05, 4.69) is 5.32 Å². The molecular weight excluding hydrogens is 297 g/mol. The molecule has 0 unspecified atom stereocenters. The van der Waals surface area contributed by atoms with E-state index in [1.54, 1.807) is 4.90 Å². The molecular formula is C15H15F3N2O2. The van der Waals surface area contributed by atoms with Crippen LogP contribution in [0.4, 0.5) is 18.9 Å². The maximum absolute atomic E-state index is 12.5. The molecule has 1 aromatic carbocycles. The maximum Gasteiger partial charge on any atom is 0.416 e. The molecule has 1 heterocycles. The van der Waals surface area contributed by atoms with Gasteiger partial charge in [-0.05, 0) is 37.1 Å². The SMILES string of the molecule is O=C(Nc1ccc(C(F)(F)F)cc1)[C@H]1CC(=O)N(C2CC2)C1. The zero-order valence-corrected chi connectivity index (χ0v) is 11.7. The lowest BCUT2D eigenvalue weighted by Gasteiger charge is -2.15. The van der Waals surface area contributed by atoms with Gasteiger partial charge in [0, 0.05) is 24.7 Å². The summed E-state index contributed by atoms with van der Waals surface area (Å²) in [7, 11) is 0. The average molecular weight is 312 g/mol. The number of nitrogens with zero attached hydrogens (tertiary/aromatic N) is 1. The lowest BCUT2D eigenvalue weighted by molar-refractivity contribution is -0.137. The third-order valence-electron chi connectivity index (χ3n) is 4.00. The predicted molar refractivity (Wildman–Crippen MR) is 72.9 cm³/mol. The van der Waals surface area contributed by atoms with Crippen LogP contribution < -0.4 is 5.32 Å². The number of nitrogens with one attached hydrogen (secondary N) is 1. The second kappa shape index (κ2) is 5.30. The molecule has 1 aliphatic heterocycles. The number of benzene rings is 1.